The summed E-state index contributed by atoms with van der Waals surface area (Å²) in [5.41, 5.74) is 0.447. The second-order valence-corrected chi connectivity index (χ2v) is 11.5. The Morgan fingerprint density at radius 2 is 2.00 bits per heavy atom. The molecule has 1 amide bonds. The number of phenols is 2. The maximum Gasteiger partial charge on any atom is 0.246 e. The number of aliphatic hydroxyl groups is 1. The molecule has 37 heavy (non-hydrogen) atoms. The molecule has 5 rings (SSSR count). The van der Waals surface area contributed by atoms with E-state index in [1.165, 1.54) is 18.9 Å². The fraction of sp³-hybridized carbons (Fsp3) is 0.567. The highest BCUT2D eigenvalue weighted by molar-refractivity contribution is 5.91. The molecule has 0 bridgehead atoms. The molecule has 3 N–H and O–H groups in total. The predicted molar refractivity (Wildman–Crippen MR) is 142 cm³/mol. The molecule has 1 aromatic carbocycles. The van der Waals surface area contributed by atoms with Gasteiger partial charge in [0.25, 0.3) is 0 Å². The molecule has 1 aromatic heterocycles. The molecule has 0 spiro atoms. The van der Waals surface area contributed by atoms with E-state index >= 15 is 0 Å². The maximum atomic E-state index is 13.2. The molecule has 3 aliphatic rings. The van der Waals surface area contributed by atoms with Crippen molar-refractivity contribution in [2.75, 3.05) is 20.1 Å². The Morgan fingerprint density at radius 3 is 2.68 bits per heavy atom. The standard InChI is InChI=1S/C30H40N2O5/c1-4-25-30(36)13-11-23(31(3)26(34)10-8-22-12-16-37-19-22)17-29(30,14-15-32(25)18-21-6-7-21)27-20(2)5-9-24(33)28(27)35/h5,8-10,12,16,19,21,23,25,33,35-36H,4,6-7,11,13-15,17-18H2,1-3H3/b10-8+/t23-,25-,29-,30-/m1/s1. The average Bonchev–Trinajstić information content (AvgIpc) is 3.54. The largest absolute Gasteiger partial charge is 0.504 e. The molecule has 1 saturated heterocycles. The van der Waals surface area contributed by atoms with Crippen LogP contribution in [0.1, 0.15) is 68.6 Å². The van der Waals surface area contributed by atoms with Crippen molar-refractivity contribution in [3.63, 3.8) is 0 Å². The third kappa shape index (κ3) is 4.46. The first-order valence-electron chi connectivity index (χ1n) is 13.7. The van der Waals surface area contributed by atoms with Crippen molar-refractivity contribution in [3.05, 3.63) is 53.5 Å². The van der Waals surface area contributed by atoms with Crippen molar-refractivity contribution in [2.24, 2.45) is 5.92 Å². The third-order valence-corrected chi connectivity index (χ3v) is 9.37. The highest BCUT2D eigenvalue weighted by atomic mass is 16.3. The number of amides is 1. The smallest absolute Gasteiger partial charge is 0.246 e. The number of rotatable bonds is 7. The lowest BCUT2D eigenvalue weighted by atomic mass is 9.51. The van der Waals surface area contributed by atoms with Gasteiger partial charge in [0, 0.05) is 48.3 Å². The summed E-state index contributed by atoms with van der Waals surface area (Å²) in [7, 11) is 1.82. The van der Waals surface area contributed by atoms with Gasteiger partial charge in [-0.1, -0.05) is 13.0 Å². The average molecular weight is 509 g/mol. The van der Waals surface area contributed by atoms with Gasteiger partial charge < -0.3 is 24.6 Å². The van der Waals surface area contributed by atoms with Crippen LogP contribution < -0.4 is 0 Å². The number of carbonyl (C=O) groups excluding carboxylic acids is 1. The molecule has 3 fully saturated rings. The molecule has 200 valence electrons. The van der Waals surface area contributed by atoms with Crippen molar-refractivity contribution in [1.29, 1.82) is 0 Å². The fourth-order valence-electron chi connectivity index (χ4n) is 7.24. The van der Waals surface area contributed by atoms with E-state index in [0.29, 0.717) is 37.2 Å². The van der Waals surface area contributed by atoms with Gasteiger partial charge in [0.15, 0.2) is 11.5 Å². The Kier molecular flexibility index (Phi) is 6.88. The molecule has 1 aliphatic heterocycles. The minimum atomic E-state index is -1.09. The van der Waals surface area contributed by atoms with Gasteiger partial charge in [0.05, 0.1) is 18.1 Å². The van der Waals surface area contributed by atoms with Gasteiger partial charge in [-0.2, -0.15) is 0 Å². The first-order chi connectivity index (χ1) is 17.7. The summed E-state index contributed by atoms with van der Waals surface area (Å²) < 4.78 is 5.09. The number of hydrogen-bond donors (Lipinski definition) is 3. The van der Waals surface area contributed by atoms with Crippen LogP contribution in [0.5, 0.6) is 11.5 Å². The zero-order valence-corrected chi connectivity index (χ0v) is 22.2. The Bertz CT molecular complexity index is 1160. The van der Waals surface area contributed by atoms with Gasteiger partial charge in [0.1, 0.15) is 0 Å². The van der Waals surface area contributed by atoms with E-state index in [1.807, 2.05) is 20.0 Å². The normalized spacial score (nSPS) is 30.4. The quantitative estimate of drug-likeness (QED) is 0.374. The van der Waals surface area contributed by atoms with Gasteiger partial charge >= 0.3 is 0 Å². The van der Waals surface area contributed by atoms with Crippen LogP contribution in [-0.2, 0) is 10.2 Å². The van der Waals surface area contributed by atoms with Gasteiger partial charge in [-0.05, 0) is 88.1 Å². The zero-order valence-electron chi connectivity index (χ0n) is 22.2. The van der Waals surface area contributed by atoms with E-state index in [4.69, 9.17) is 4.42 Å². The Labute approximate surface area is 219 Å². The van der Waals surface area contributed by atoms with Gasteiger partial charge in [-0.15, -0.1) is 0 Å². The number of likely N-dealkylation sites (N-methyl/N-ethyl adjacent to an activating group) is 1. The molecule has 2 heterocycles. The van der Waals surface area contributed by atoms with E-state index in [1.54, 1.807) is 35.6 Å². The number of aryl methyl sites for hydroxylation is 1. The Morgan fingerprint density at radius 1 is 1.22 bits per heavy atom. The second-order valence-electron chi connectivity index (χ2n) is 11.5. The van der Waals surface area contributed by atoms with E-state index in [-0.39, 0.29) is 29.5 Å². The van der Waals surface area contributed by atoms with Crippen LogP contribution in [0.25, 0.3) is 6.08 Å². The maximum absolute atomic E-state index is 13.2. The predicted octanol–water partition coefficient (Wildman–Crippen LogP) is 4.59. The molecule has 7 nitrogen and oxygen atoms in total. The van der Waals surface area contributed by atoms with E-state index < -0.39 is 11.0 Å². The highest BCUT2D eigenvalue weighted by Gasteiger charge is 2.63. The number of benzene rings is 1. The monoisotopic (exact) mass is 508 g/mol. The first kappa shape index (κ1) is 25.9. The Hall–Kier alpha value is -2.77. The number of likely N-dealkylation sites (tertiary alicyclic amines) is 1. The number of hydrogen-bond acceptors (Lipinski definition) is 6. The van der Waals surface area contributed by atoms with Crippen LogP contribution in [-0.4, -0.2) is 68.8 Å². The fourth-order valence-corrected chi connectivity index (χ4v) is 7.24. The topological polar surface area (TPSA) is 97.4 Å². The summed E-state index contributed by atoms with van der Waals surface area (Å²) in [6, 6.07) is 4.97. The van der Waals surface area contributed by atoms with Crippen molar-refractivity contribution in [1.82, 2.24) is 9.80 Å². The molecule has 2 aromatic rings. The number of phenolic OH excluding ortho intramolecular Hbond substituents is 2. The summed E-state index contributed by atoms with van der Waals surface area (Å²) in [5.74, 6) is 0.295. The lowest BCUT2D eigenvalue weighted by Gasteiger charge is -2.62. The molecule has 0 radical (unpaired) electrons. The van der Waals surface area contributed by atoms with Crippen LogP contribution in [0.4, 0.5) is 0 Å². The molecule has 2 aliphatic carbocycles. The summed E-state index contributed by atoms with van der Waals surface area (Å²) >= 11 is 0. The molecule has 4 atom stereocenters. The molecule has 2 saturated carbocycles. The second kappa shape index (κ2) is 9.84. The van der Waals surface area contributed by atoms with Crippen molar-refractivity contribution in [3.8, 4) is 11.5 Å². The summed E-state index contributed by atoms with van der Waals surface area (Å²) in [6.45, 7) is 5.89. The molecular weight excluding hydrogens is 468 g/mol. The minimum absolute atomic E-state index is 0.0501. The summed E-state index contributed by atoms with van der Waals surface area (Å²) in [6.07, 6.45) is 12.2. The number of carbonyl (C=O) groups is 1. The summed E-state index contributed by atoms with van der Waals surface area (Å²) in [4.78, 5) is 17.4. The van der Waals surface area contributed by atoms with Gasteiger partial charge in [0.2, 0.25) is 5.91 Å². The van der Waals surface area contributed by atoms with Crippen molar-refractivity contribution in [2.45, 2.75) is 81.9 Å². The van der Waals surface area contributed by atoms with Crippen molar-refractivity contribution >= 4 is 12.0 Å². The Balaban J connectivity index is 1.52. The van der Waals surface area contributed by atoms with Crippen molar-refractivity contribution < 1.29 is 24.5 Å². The van der Waals surface area contributed by atoms with E-state index in [9.17, 15) is 20.1 Å². The number of aromatic hydroxyl groups is 2. The van der Waals surface area contributed by atoms with Crippen LogP contribution in [0.3, 0.4) is 0 Å². The number of piperidine rings is 1. The lowest BCUT2D eigenvalue weighted by molar-refractivity contribution is -0.173. The molecular formula is C30H40N2O5. The SMILES string of the molecule is CC[C@H]1N(CC2CC2)CC[C@]2(c3c(C)ccc(O)c3O)C[C@H](N(C)C(=O)/C=C/c3ccoc3)CC[C@@]12O. The molecule has 0 unspecified atom stereocenters. The number of furan rings is 1. The zero-order chi connectivity index (χ0) is 26.4. The highest BCUT2D eigenvalue weighted by Crippen LogP contribution is 2.59. The number of nitrogens with zero attached hydrogens (tertiary/aromatic N) is 2. The number of fused-ring (bicyclic) bond motifs is 1. The minimum Gasteiger partial charge on any atom is -0.504 e. The van der Waals surface area contributed by atoms with Crippen LogP contribution in [0, 0.1) is 12.8 Å². The van der Waals surface area contributed by atoms with E-state index in [0.717, 1.165) is 30.6 Å². The van der Waals surface area contributed by atoms with Gasteiger partial charge in [-0.3, -0.25) is 9.69 Å². The van der Waals surface area contributed by atoms with Crippen LogP contribution >= 0.6 is 0 Å². The van der Waals surface area contributed by atoms with Crippen LogP contribution in [0.15, 0.2) is 41.2 Å². The van der Waals surface area contributed by atoms with E-state index in [2.05, 4.69) is 11.8 Å². The summed E-state index contributed by atoms with van der Waals surface area (Å²) in [5, 5.41) is 34.4. The lowest BCUT2D eigenvalue weighted by Crippen LogP contribution is -2.71. The van der Waals surface area contributed by atoms with Gasteiger partial charge in [-0.25, -0.2) is 0 Å². The van der Waals surface area contributed by atoms with Crippen LogP contribution in [0.2, 0.25) is 0 Å². The first-order valence-corrected chi connectivity index (χ1v) is 13.7. The third-order valence-electron chi connectivity index (χ3n) is 9.37. The molecule has 7 heteroatoms.